The van der Waals surface area contributed by atoms with Crippen LogP contribution in [0.5, 0.6) is 5.75 Å². The number of amides is 1. The molecule has 0 aromatic heterocycles. The molecule has 0 atom stereocenters. The van der Waals surface area contributed by atoms with Gasteiger partial charge in [-0.1, -0.05) is 24.3 Å². The lowest BCUT2D eigenvalue weighted by Crippen LogP contribution is -2.24. The number of nitrogens with zero attached hydrogens (tertiary/aromatic N) is 1. The van der Waals surface area contributed by atoms with Crippen LogP contribution in [0.25, 0.3) is 0 Å². The van der Waals surface area contributed by atoms with Crippen molar-refractivity contribution in [3.8, 4) is 5.75 Å². The van der Waals surface area contributed by atoms with E-state index < -0.39 is 17.7 Å². The highest BCUT2D eigenvalue weighted by Gasteiger charge is 2.05. The van der Waals surface area contributed by atoms with Crippen molar-refractivity contribution in [3.05, 3.63) is 65.5 Å². The van der Waals surface area contributed by atoms with Gasteiger partial charge in [0.2, 0.25) is 0 Å². The second kappa shape index (κ2) is 7.69. The Hall–Kier alpha value is -3.22. The van der Waals surface area contributed by atoms with E-state index in [1.807, 2.05) is 0 Å². The van der Waals surface area contributed by atoms with Crippen LogP contribution in [0.1, 0.15) is 15.9 Å². The fourth-order valence-corrected chi connectivity index (χ4v) is 1.63. The van der Waals surface area contributed by atoms with Gasteiger partial charge in [-0.15, -0.1) is 0 Å². The van der Waals surface area contributed by atoms with Crippen molar-refractivity contribution in [2.24, 2.45) is 5.10 Å². The zero-order chi connectivity index (χ0) is 16.7. The predicted molar refractivity (Wildman–Crippen MR) is 81.0 cm³/mol. The molecule has 2 N–H and O–H groups in total. The first-order valence-electron chi connectivity index (χ1n) is 6.59. The van der Waals surface area contributed by atoms with Gasteiger partial charge in [-0.3, -0.25) is 4.79 Å². The third-order valence-electron chi connectivity index (χ3n) is 2.76. The molecule has 0 aliphatic heterocycles. The van der Waals surface area contributed by atoms with E-state index in [2.05, 4.69) is 10.5 Å². The number of carboxylic acid groups (broad SMARTS) is 1. The topological polar surface area (TPSA) is 88.0 Å². The molecule has 1 amide bonds. The minimum atomic E-state index is -1.02. The van der Waals surface area contributed by atoms with E-state index in [0.29, 0.717) is 5.56 Å². The standard InChI is InChI=1S/C16H13FN2O4/c17-13-3-1-2-4-14(13)23-10-15(20)19-18-9-11-5-7-12(8-6-11)16(21)22/h1-9H,10H2,(H,19,20)(H,21,22)/b18-9+. The van der Waals surface area contributed by atoms with E-state index in [1.54, 1.807) is 18.2 Å². The van der Waals surface area contributed by atoms with Gasteiger partial charge in [-0.25, -0.2) is 14.6 Å². The first-order chi connectivity index (χ1) is 11.1. The summed E-state index contributed by atoms with van der Waals surface area (Å²) in [5, 5.41) is 12.5. The number of carbonyl (C=O) groups excluding carboxylic acids is 1. The molecule has 0 radical (unpaired) electrons. The molecule has 2 rings (SSSR count). The number of hydrogen-bond acceptors (Lipinski definition) is 4. The molecule has 0 aliphatic carbocycles. The monoisotopic (exact) mass is 316 g/mol. The molecule has 2 aromatic rings. The lowest BCUT2D eigenvalue weighted by Gasteiger charge is -2.05. The third-order valence-corrected chi connectivity index (χ3v) is 2.76. The van der Waals surface area contributed by atoms with Gasteiger partial charge < -0.3 is 9.84 Å². The molecule has 2 aromatic carbocycles. The number of ether oxygens (including phenoxy) is 1. The molecule has 0 aliphatic rings. The van der Waals surface area contributed by atoms with Crippen LogP contribution < -0.4 is 10.2 Å². The van der Waals surface area contributed by atoms with Crippen molar-refractivity contribution in [1.29, 1.82) is 0 Å². The number of aromatic carboxylic acids is 1. The maximum Gasteiger partial charge on any atom is 0.335 e. The van der Waals surface area contributed by atoms with Crippen LogP contribution in [0.4, 0.5) is 4.39 Å². The Morgan fingerprint density at radius 1 is 1.17 bits per heavy atom. The van der Waals surface area contributed by atoms with E-state index in [0.717, 1.165) is 0 Å². The fraction of sp³-hybridized carbons (Fsp3) is 0.0625. The maximum atomic E-state index is 13.3. The molecule has 0 saturated carbocycles. The molecule has 0 fully saturated rings. The van der Waals surface area contributed by atoms with Crippen LogP contribution >= 0.6 is 0 Å². The summed E-state index contributed by atoms with van der Waals surface area (Å²) in [5.41, 5.74) is 3.00. The Morgan fingerprint density at radius 2 is 1.87 bits per heavy atom. The number of hydrogen-bond donors (Lipinski definition) is 2. The molecule has 0 saturated heterocycles. The quantitative estimate of drug-likeness (QED) is 0.630. The minimum absolute atomic E-state index is 0.0177. The Labute approximate surface area is 131 Å². The van der Waals surface area contributed by atoms with E-state index in [4.69, 9.17) is 9.84 Å². The minimum Gasteiger partial charge on any atom is -0.481 e. The summed E-state index contributed by atoms with van der Waals surface area (Å²) in [4.78, 5) is 22.2. The third kappa shape index (κ3) is 4.92. The first kappa shape index (κ1) is 16.2. The van der Waals surface area contributed by atoms with Crippen LogP contribution in [0.15, 0.2) is 53.6 Å². The average Bonchev–Trinajstić information content (AvgIpc) is 2.54. The highest BCUT2D eigenvalue weighted by Crippen LogP contribution is 2.14. The lowest BCUT2D eigenvalue weighted by molar-refractivity contribution is -0.123. The molecular weight excluding hydrogens is 303 g/mol. The summed E-state index contributed by atoms with van der Waals surface area (Å²) in [5.74, 6) is -2.14. The Morgan fingerprint density at radius 3 is 2.52 bits per heavy atom. The van der Waals surface area contributed by atoms with Gasteiger partial charge in [0.1, 0.15) is 0 Å². The summed E-state index contributed by atoms with van der Waals surface area (Å²) >= 11 is 0. The molecule has 6 nitrogen and oxygen atoms in total. The number of halogens is 1. The van der Waals surface area contributed by atoms with Crippen molar-refractivity contribution in [2.75, 3.05) is 6.61 Å². The number of benzene rings is 2. The summed E-state index contributed by atoms with van der Waals surface area (Å²) in [6.45, 7) is -0.379. The highest BCUT2D eigenvalue weighted by molar-refractivity contribution is 5.89. The summed E-state index contributed by atoms with van der Waals surface area (Å²) in [6.07, 6.45) is 1.35. The van der Waals surface area contributed by atoms with Crippen LogP contribution in [0, 0.1) is 5.82 Å². The summed E-state index contributed by atoms with van der Waals surface area (Å²) in [7, 11) is 0. The lowest BCUT2D eigenvalue weighted by atomic mass is 10.1. The van der Waals surface area contributed by atoms with Gasteiger partial charge in [-0.05, 0) is 29.8 Å². The second-order valence-electron chi connectivity index (χ2n) is 4.44. The summed E-state index contributed by atoms with van der Waals surface area (Å²) in [6, 6.07) is 11.7. The highest BCUT2D eigenvalue weighted by atomic mass is 19.1. The van der Waals surface area contributed by atoms with E-state index in [1.165, 1.54) is 36.5 Å². The van der Waals surface area contributed by atoms with E-state index >= 15 is 0 Å². The average molecular weight is 316 g/mol. The fourth-order valence-electron chi connectivity index (χ4n) is 1.63. The van der Waals surface area contributed by atoms with Crippen molar-refractivity contribution < 1.29 is 23.8 Å². The van der Waals surface area contributed by atoms with Gasteiger partial charge in [-0.2, -0.15) is 5.10 Å². The van der Waals surface area contributed by atoms with Gasteiger partial charge in [0.15, 0.2) is 18.2 Å². The molecule has 23 heavy (non-hydrogen) atoms. The first-order valence-corrected chi connectivity index (χ1v) is 6.59. The van der Waals surface area contributed by atoms with Crippen molar-refractivity contribution in [1.82, 2.24) is 5.43 Å². The Balaban J connectivity index is 1.82. The number of hydrazone groups is 1. The van der Waals surface area contributed by atoms with Crippen molar-refractivity contribution >= 4 is 18.1 Å². The SMILES string of the molecule is O=C(COc1ccccc1F)N/N=C/c1ccc(C(=O)O)cc1. The predicted octanol–water partition coefficient (Wildman–Crippen LogP) is 2.05. The van der Waals surface area contributed by atoms with Crippen molar-refractivity contribution in [2.45, 2.75) is 0 Å². The van der Waals surface area contributed by atoms with Crippen LogP contribution in [0.2, 0.25) is 0 Å². The maximum absolute atomic E-state index is 13.3. The zero-order valence-electron chi connectivity index (χ0n) is 11.9. The van der Waals surface area contributed by atoms with Gasteiger partial charge >= 0.3 is 5.97 Å². The smallest absolute Gasteiger partial charge is 0.335 e. The van der Waals surface area contributed by atoms with Crippen LogP contribution in [-0.4, -0.2) is 29.8 Å². The largest absolute Gasteiger partial charge is 0.481 e. The van der Waals surface area contributed by atoms with Crippen molar-refractivity contribution in [3.63, 3.8) is 0 Å². The Kier molecular flexibility index (Phi) is 5.40. The van der Waals surface area contributed by atoms with Gasteiger partial charge in [0, 0.05) is 0 Å². The van der Waals surface area contributed by atoms with Crippen LogP contribution in [-0.2, 0) is 4.79 Å². The van der Waals surface area contributed by atoms with E-state index in [9.17, 15) is 14.0 Å². The Bertz CT molecular complexity index is 729. The van der Waals surface area contributed by atoms with Gasteiger partial charge in [0.05, 0.1) is 11.8 Å². The number of para-hydroxylation sites is 1. The zero-order valence-corrected chi connectivity index (χ0v) is 11.9. The normalized spacial score (nSPS) is 10.5. The number of carbonyl (C=O) groups is 2. The molecule has 7 heteroatoms. The second-order valence-corrected chi connectivity index (χ2v) is 4.44. The molecule has 0 spiro atoms. The van der Waals surface area contributed by atoms with Crippen LogP contribution in [0.3, 0.4) is 0 Å². The van der Waals surface area contributed by atoms with E-state index in [-0.39, 0.29) is 17.9 Å². The van der Waals surface area contributed by atoms with Gasteiger partial charge in [0.25, 0.3) is 5.91 Å². The molecule has 0 heterocycles. The number of nitrogens with one attached hydrogen (secondary N) is 1. The molecule has 0 bridgehead atoms. The number of rotatable bonds is 6. The molecule has 118 valence electrons. The molecule has 0 unspecified atom stereocenters. The molecular formula is C16H13FN2O4. The summed E-state index contributed by atoms with van der Waals surface area (Å²) < 4.78 is 18.3. The number of carboxylic acids is 1.